The maximum Gasteiger partial charge on any atom is 0.136 e. The molecule has 0 saturated carbocycles. The molecule has 1 aliphatic rings. The number of benzene rings is 1. The van der Waals surface area contributed by atoms with Gasteiger partial charge in [0.05, 0.1) is 18.2 Å². The minimum absolute atomic E-state index is 0.636. The molecule has 0 bridgehead atoms. The molecule has 0 amide bonds. The van der Waals surface area contributed by atoms with E-state index in [4.69, 9.17) is 9.47 Å². The molecule has 1 unspecified atom stereocenters. The predicted molar refractivity (Wildman–Crippen MR) is 64.3 cm³/mol. The smallest absolute Gasteiger partial charge is 0.136 e. The minimum atomic E-state index is -0.690. The molecule has 1 aromatic carbocycles. The Hall–Kier alpha value is -1.00. The van der Waals surface area contributed by atoms with Crippen LogP contribution in [0, 0.1) is 0 Å². The third kappa shape index (κ3) is 2.23. The van der Waals surface area contributed by atoms with Gasteiger partial charge in [-0.05, 0) is 39.7 Å². The molecular formula is C12H13BrO3. The number of aliphatic hydroxyl groups is 1. The first-order chi connectivity index (χ1) is 7.72. The van der Waals surface area contributed by atoms with Crippen molar-refractivity contribution in [3.63, 3.8) is 0 Å². The van der Waals surface area contributed by atoms with Crippen LogP contribution in [0.25, 0.3) is 0 Å². The fourth-order valence-corrected chi connectivity index (χ4v) is 2.20. The highest BCUT2D eigenvalue weighted by atomic mass is 79.9. The lowest BCUT2D eigenvalue weighted by Gasteiger charge is -2.13. The Morgan fingerprint density at radius 2 is 2.31 bits per heavy atom. The molecule has 86 valence electrons. The average Bonchev–Trinajstić information content (AvgIpc) is 2.81. The molecule has 1 heterocycles. The van der Waals surface area contributed by atoms with E-state index in [1.165, 1.54) is 0 Å². The van der Waals surface area contributed by atoms with E-state index in [1.807, 2.05) is 24.3 Å². The molecule has 0 aliphatic carbocycles. The van der Waals surface area contributed by atoms with Gasteiger partial charge in [-0.15, -0.1) is 0 Å². The van der Waals surface area contributed by atoms with Crippen molar-refractivity contribution in [3.05, 3.63) is 40.1 Å². The van der Waals surface area contributed by atoms with Crippen LogP contribution in [0.3, 0.4) is 0 Å². The third-order valence-electron chi connectivity index (χ3n) is 2.49. The summed E-state index contributed by atoms with van der Waals surface area (Å²) in [7, 11) is 1.61. The van der Waals surface area contributed by atoms with E-state index in [9.17, 15) is 5.11 Å². The molecule has 0 fully saturated rings. The van der Waals surface area contributed by atoms with Crippen molar-refractivity contribution in [3.8, 4) is 5.75 Å². The fraction of sp³-hybridized carbons (Fsp3) is 0.333. The SMILES string of the molecule is COc1ccc(C(O)C2=CCCO2)cc1Br. The number of hydrogen-bond acceptors (Lipinski definition) is 3. The van der Waals surface area contributed by atoms with Crippen LogP contribution in [0.4, 0.5) is 0 Å². The van der Waals surface area contributed by atoms with E-state index in [0.29, 0.717) is 12.4 Å². The molecule has 16 heavy (non-hydrogen) atoms. The largest absolute Gasteiger partial charge is 0.496 e. The highest BCUT2D eigenvalue weighted by Gasteiger charge is 2.18. The quantitative estimate of drug-likeness (QED) is 0.928. The average molecular weight is 285 g/mol. The van der Waals surface area contributed by atoms with E-state index in [-0.39, 0.29) is 0 Å². The second-order valence-corrected chi connectivity index (χ2v) is 4.39. The van der Waals surface area contributed by atoms with Gasteiger partial charge in [-0.1, -0.05) is 6.07 Å². The molecule has 0 radical (unpaired) electrons. The van der Waals surface area contributed by atoms with E-state index in [0.717, 1.165) is 22.2 Å². The predicted octanol–water partition coefficient (Wildman–Crippen LogP) is 2.80. The number of aliphatic hydroxyl groups excluding tert-OH is 1. The molecule has 2 rings (SSSR count). The molecule has 4 heteroatoms. The highest BCUT2D eigenvalue weighted by Crippen LogP contribution is 2.32. The van der Waals surface area contributed by atoms with Gasteiger partial charge in [-0.3, -0.25) is 0 Å². The van der Waals surface area contributed by atoms with Gasteiger partial charge in [0.25, 0.3) is 0 Å². The zero-order valence-electron chi connectivity index (χ0n) is 8.94. The second kappa shape index (κ2) is 4.89. The van der Waals surface area contributed by atoms with Gasteiger partial charge < -0.3 is 14.6 Å². The first-order valence-corrected chi connectivity index (χ1v) is 5.86. The van der Waals surface area contributed by atoms with Gasteiger partial charge in [0.15, 0.2) is 0 Å². The Balaban J connectivity index is 2.23. The Labute approximate surface area is 103 Å². The van der Waals surface area contributed by atoms with Crippen LogP contribution in [0.15, 0.2) is 34.5 Å². The van der Waals surface area contributed by atoms with Crippen LogP contribution in [0.2, 0.25) is 0 Å². The monoisotopic (exact) mass is 284 g/mol. The van der Waals surface area contributed by atoms with Crippen LogP contribution in [-0.4, -0.2) is 18.8 Å². The standard InChI is InChI=1S/C12H13BrO3/c1-15-10-5-4-8(7-9(10)13)12(14)11-3-2-6-16-11/h3-5,7,12,14H,2,6H2,1H3. The van der Waals surface area contributed by atoms with Gasteiger partial charge in [0, 0.05) is 6.42 Å². The minimum Gasteiger partial charge on any atom is -0.496 e. The maximum atomic E-state index is 10.1. The van der Waals surface area contributed by atoms with Crippen molar-refractivity contribution in [2.45, 2.75) is 12.5 Å². The zero-order valence-corrected chi connectivity index (χ0v) is 10.5. The number of methoxy groups -OCH3 is 1. The lowest BCUT2D eigenvalue weighted by molar-refractivity contribution is 0.119. The van der Waals surface area contributed by atoms with Gasteiger partial charge in [-0.25, -0.2) is 0 Å². The summed E-state index contributed by atoms with van der Waals surface area (Å²) in [5.74, 6) is 1.38. The molecule has 1 aliphatic heterocycles. The van der Waals surface area contributed by atoms with Crippen molar-refractivity contribution >= 4 is 15.9 Å². The van der Waals surface area contributed by atoms with E-state index in [2.05, 4.69) is 15.9 Å². The lowest BCUT2D eigenvalue weighted by Crippen LogP contribution is -2.02. The van der Waals surface area contributed by atoms with Crippen LogP contribution in [0.5, 0.6) is 5.75 Å². The van der Waals surface area contributed by atoms with Gasteiger partial charge in [-0.2, -0.15) is 0 Å². The summed E-state index contributed by atoms with van der Waals surface area (Å²) < 4.78 is 11.3. The van der Waals surface area contributed by atoms with Crippen LogP contribution >= 0.6 is 15.9 Å². The Kier molecular flexibility index (Phi) is 3.51. The number of halogens is 1. The summed E-state index contributed by atoms with van der Waals surface area (Å²) in [6.45, 7) is 0.656. The Bertz CT molecular complexity index is 415. The Morgan fingerprint density at radius 1 is 1.50 bits per heavy atom. The van der Waals surface area contributed by atoms with Crippen molar-refractivity contribution in [2.75, 3.05) is 13.7 Å². The summed E-state index contributed by atoms with van der Waals surface area (Å²) in [4.78, 5) is 0. The number of hydrogen-bond donors (Lipinski definition) is 1. The first-order valence-electron chi connectivity index (χ1n) is 5.06. The summed E-state index contributed by atoms with van der Waals surface area (Å²) in [5.41, 5.74) is 0.792. The summed E-state index contributed by atoms with van der Waals surface area (Å²) >= 11 is 3.39. The highest BCUT2D eigenvalue weighted by molar-refractivity contribution is 9.10. The second-order valence-electron chi connectivity index (χ2n) is 3.54. The van der Waals surface area contributed by atoms with Gasteiger partial charge in [0.2, 0.25) is 0 Å². The lowest BCUT2D eigenvalue weighted by atomic mass is 10.1. The summed E-state index contributed by atoms with van der Waals surface area (Å²) in [6, 6.07) is 5.49. The van der Waals surface area contributed by atoms with E-state index >= 15 is 0 Å². The summed E-state index contributed by atoms with van der Waals surface area (Å²) in [5, 5.41) is 10.1. The fourth-order valence-electron chi connectivity index (χ4n) is 1.64. The number of rotatable bonds is 3. The normalized spacial score (nSPS) is 16.6. The molecule has 0 spiro atoms. The van der Waals surface area contributed by atoms with Crippen molar-refractivity contribution in [2.24, 2.45) is 0 Å². The van der Waals surface area contributed by atoms with Gasteiger partial charge in [0.1, 0.15) is 17.6 Å². The van der Waals surface area contributed by atoms with Crippen molar-refractivity contribution < 1.29 is 14.6 Å². The topological polar surface area (TPSA) is 38.7 Å². The third-order valence-corrected chi connectivity index (χ3v) is 3.11. The van der Waals surface area contributed by atoms with E-state index < -0.39 is 6.10 Å². The molecule has 0 aromatic heterocycles. The first kappa shape index (κ1) is 11.5. The molecular weight excluding hydrogens is 272 g/mol. The van der Waals surface area contributed by atoms with E-state index in [1.54, 1.807) is 7.11 Å². The number of ether oxygens (including phenoxy) is 2. The van der Waals surface area contributed by atoms with Crippen molar-refractivity contribution in [1.29, 1.82) is 0 Å². The summed E-state index contributed by atoms with van der Waals surface area (Å²) in [6.07, 6.45) is 2.09. The molecule has 1 N–H and O–H groups in total. The molecule has 0 saturated heterocycles. The van der Waals surface area contributed by atoms with Crippen LogP contribution in [0.1, 0.15) is 18.1 Å². The Morgan fingerprint density at radius 3 is 2.88 bits per heavy atom. The maximum absolute atomic E-state index is 10.1. The van der Waals surface area contributed by atoms with Gasteiger partial charge >= 0.3 is 0 Å². The van der Waals surface area contributed by atoms with Crippen molar-refractivity contribution in [1.82, 2.24) is 0 Å². The molecule has 1 aromatic rings. The zero-order chi connectivity index (χ0) is 11.5. The van der Waals surface area contributed by atoms with Crippen LogP contribution < -0.4 is 4.74 Å². The molecule has 3 nitrogen and oxygen atoms in total. The molecule has 1 atom stereocenters. The van der Waals surface area contributed by atoms with Crippen LogP contribution in [-0.2, 0) is 4.74 Å².